The lowest BCUT2D eigenvalue weighted by Gasteiger charge is -2.16. The fourth-order valence-corrected chi connectivity index (χ4v) is 8.31. The van der Waals surface area contributed by atoms with Crippen LogP contribution in [0.15, 0.2) is 182 Å². The second kappa shape index (κ2) is 11.2. The molecular formula is C48H30N4. The van der Waals surface area contributed by atoms with Crippen molar-refractivity contribution in [2.24, 2.45) is 0 Å². The lowest BCUT2D eigenvalue weighted by Crippen LogP contribution is -2.01. The van der Waals surface area contributed by atoms with Gasteiger partial charge in [0.15, 0.2) is 5.82 Å². The van der Waals surface area contributed by atoms with Gasteiger partial charge in [-0.05, 0) is 76.1 Å². The molecule has 0 aliphatic heterocycles. The molecule has 0 N–H and O–H groups in total. The molecule has 4 heteroatoms. The monoisotopic (exact) mass is 662 g/mol. The summed E-state index contributed by atoms with van der Waals surface area (Å²) in [6.45, 7) is 0. The van der Waals surface area contributed by atoms with Crippen molar-refractivity contribution in [3.05, 3.63) is 182 Å². The molecule has 0 radical (unpaired) electrons. The van der Waals surface area contributed by atoms with Gasteiger partial charge in [0.1, 0.15) is 0 Å². The van der Waals surface area contributed by atoms with Gasteiger partial charge < -0.3 is 9.13 Å². The van der Waals surface area contributed by atoms with Gasteiger partial charge in [-0.3, -0.25) is 0 Å². The summed E-state index contributed by atoms with van der Waals surface area (Å²) in [4.78, 5) is 10.3. The highest BCUT2D eigenvalue weighted by atomic mass is 15.0. The Morgan fingerprint density at radius 2 is 0.769 bits per heavy atom. The van der Waals surface area contributed by atoms with Crippen LogP contribution in [-0.2, 0) is 0 Å². The van der Waals surface area contributed by atoms with Crippen LogP contribution in [0.5, 0.6) is 0 Å². The van der Waals surface area contributed by atoms with Crippen LogP contribution >= 0.6 is 0 Å². The predicted molar refractivity (Wildman–Crippen MR) is 217 cm³/mol. The summed E-state index contributed by atoms with van der Waals surface area (Å²) in [6.07, 6.45) is 1.90. The van der Waals surface area contributed by atoms with Crippen LogP contribution in [0.1, 0.15) is 0 Å². The molecule has 0 aliphatic carbocycles. The minimum atomic E-state index is 0.680. The normalized spacial score (nSPS) is 11.8. The smallest absolute Gasteiger partial charge is 0.159 e. The average Bonchev–Trinajstić information content (AvgIpc) is 3.73. The summed E-state index contributed by atoms with van der Waals surface area (Å²) in [5, 5.41) is 9.64. The molecule has 3 heterocycles. The first-order chi connectivity index (χ1) is 25.8. The molecule has 0 bridgehead atoms. The summed E-state index contributed by atoms with van der Waals surface area (Å²) in [5.41, 5.74) is 9.71. The summed E-state index contributed by atoms with van der Waals surface area (Å²) in [5.74, 6) is 0.680. The largest absolute Gasteiger partial charge is 0.309 e. The van der Waals surface area contributed by atoms with Crippen molar-refractivity contribution in [1.82, 2.24) is 19.1 Å². The van der Waals surface area contributed by atoms with E-state index in [1.54, 1.807) is 0 Å². The van der Waals surface area contributed by atoms with E-state index >= 15 is 0 Å². The van der Waals surface area contributed by atoms with Crippen LogP contribution in [0.3, 0.4) is 0 Å². The maximum absolute atomic E-state index is 5.38. The molecule has 242 valence electrons. The van der Waals surface area contributed by atoms with Gasteiger partial charge in [0.05, 0.1) is 27.8 Å². The molecule has 3 aromatic heterocycles. The maximum Gasteiger partial charge on any atom is 0.159 e. The molecule has 11 rings (SSSR count). The first-order valence-electron chi connectivity index (χ1n) is 17.7. The lowest BCUT2D eigenvalue weighted by atomic mass is 9.94. The molecule has 52 heavy (non-hydrogen) atoms. The van der Waals surface area contributed by atoms with E-state index in [4.69, 9.17) is 9.97 Å². The van der Waals surface area contributed by atoms with Crippen molar-refractivity contribution in [2.45, 2.75) is 0 Å². The van der Waals surface area contributed by atoms with Crippen LogP contribution in [0.4, 0.5) is 0 Å². The van der Waals surface area contributed by atoms with E-state index in [2.05, 4.69) is 179 Å². The molecule has 8 aromatic carbocycles. The van der Waals surface area contributed by atoms with Gasteiger partial charge >= 0.3 is 0 Å². The van der Waals surface area contributed by atoms with Gasteiger partial charge in [0.25, 0.3) is 0 Å². The van der Waals surface area contributed by atoms with Crippen molar-refractivity contribution >= 4 is 65.2 Å². The van der Waals surface area contributed by atoms with Crippen LogP contribution in [0.2, 0.25) is 0 Å². The number of fused-ring (bicyclic) bond motifs is 8. The SMILES string of the molecule is c1ccc2c(-c3ccnc(-c4cc(-n5c6ccccc6c6ccccc65)cc(-n5c6ccccc6c6ccccc65)c4)n3)c3ccccc3cc2c1. The van der Waals surface area contributed by atoms with E-state index in [9.17, 15) is 0 Å². The van der Waals surface area contributed by atoms with Crippen LogP contribution in [0.25, 0.3) is 99.2 Å². The molecule has 0 fully saturated rings. The summed E-state index contributed by atoms with van der Waals surface area (Å²) in [7, 11) is 0. The number of aromatic nitrogens is 4. The van der Waals surface area contributed by atoms with Gasteiger partial charge in [-0.25, -0.2) is 9.97 Å². The Bertz CT molecular complexity index is 2910. The number of nitrogens with zero attached hydrogens (tertiary/aromatic N) is 4. The molecule has 0 saturated carbocycles. The zero-order chi connectivity index (χ0) is 34.2. The molecule has 0 unspecified atom stereocenters. The Balaban J connectivity index is 1.22. The molecule has 0 atom stereocenters. The summed E-state index contributed by atoms with van der Waals surface area (Å²) in [6, 6.07) is 63.0. The maximum atomic E-state index is 5.38. The van der Waals surface area contributed by atoms with Crippen molar-refractivity contribution < 1.29 is 0 Å². The highest BCUT2D eigenvalue weighted by Crippen LogP contribution is 2.39. The van der Waals surface area contributed by atoms with Crippen LogP contribution in [-0.4, -0.2) is 19.1 Å². The number of rotatable bonds is 4. The van der Waals surface area contributed by atoms with Gasteiger partial charge in [-0.1, -0.05) is 121 Å². The van der Waals surface area contributed by atoms with E-state index in [1.807, 2.05) is 12.3 Å². The zero-order valence-corrected chi connectivity index (χ0v) is 28.1. The number of para-hydroxylation sites is 4. The fourth-order valence-electron chi connectivity index (χ4n) is 8.31. The first kappa shape index (κ1) is 28.8. The van der Waals surface area contributed by atoms with Gasteiger partial charge in [0, 0.05) is 50.2 Å². The van der Waals surface area contributed by atoms with Crippen LogP contribution in [0, 0.1) is 0 Å². The molecular weight excluding hydrogens is 633 g/mol. The highest BCUT2D eigenvalue weighted by Gasteiger charge is 2.19. The van der Waals surface area contributed by atoms with E-state index in [-0.39, 0.29) is 0 Å². The van der Waals surface area contributed by atoms with Crippen LogP contribution < -0.4 is 0 Å². The number of benzene rings is 8. The molecule has 11 aromatic rings. The first-order valence-corrected chi connectivity index (χ1v) is 17.7. The average molecular weight is 663 g/mol. The second-order valence-corrected chi connectivity index (χ2v) is 13.4. The highest BCUT2D eigenvalue weighted by molar-refractivity contribution is 6.13. The third kappa shape index (κ3) is 4.28. The van der Waals surface area contributed by atoms with Crippen molar-refractivity contribution in [1.29, 1.82) is 0 Å². The van der Waals surface area contributed by atoms with Crippen molar-refractivity contribution in [2.75, 3.05) is 0 Å². The predicted octanol–water partition coefficient (Wildman–Crippen LogP) is 12.3. The van der Waals surface area contributed by atoms with E-state index in [0.29, 0.717) is 5.82 Å². The lowest BCUT2D eigenvalue weighted by molar-refractivity contribution is 1.12. The van der Waals surface area contributed by atoms with Crippen molar-refractivity contribution in [3.8, 4) is 34.0 Å². The second-order valence-electron chi connectivity index (χ2n) is 13.4. The quantitative estimate of drug-likeness (QED) is 0.176. The third-order valence-corrected chi connectivity index (χ3v) is 10.5. The van der Waals surface area contributed by atoms with Gasteiger partial charge in [-0.2, -0.15) is 0 Å². The van der Waals surface area contributed by atoms with E-state index in [0.717, 1.165) is 50.3 Å². The van der Waals surface area contributed by atoms with Gasteiger partial charge in [0.2, 0.25) is 0 Å². The molecule has 0 saturated heterocycles. The molecule has 4 nitrogen and oxygen atoms in total. The summed E-state index contributed by atoms with van der Waals surface area (Å²) >= 11 is 0. The summed E-state index contributed by atoms with van der Waals surface area (Å²) < 4.78 is 4.77. The Morgan fingerprint density at radius 1 is 0.365 bits per heavy atom. The molecule has 0 spiro atoms. The topological polar surface area (TPSA) is 35.6 Å². The number of hydrogen-bond acceptors (Lipinski definition) is 2. The third-order valence-electron chi connectivity index (χ3n) is 10.5. The standard InChI is InChI=1S/C48H30N4/c1-3-15-36-31(13-1)27-32-14-2-4-16-37(32)47(36)42-25-26-49-48(50-42)33-28-34(51-43-21-9-5-17-38(43)39-18-6-10-22-44(39)51)30-35(29-33)52-45-23-11-7-19-40(45)41-20-8-12-24-46(41)52/h1-30H. The zero-order valence-electron chi connectivity index (χ0n) is 28.1. The fraction of sp³-hybridized carbons (Fsp3) is 0. The Hall–Kier alpha value is -7.04. The Kier molecular flexibility index (Phi) is 6.22. The van der Waals surface area contributed by atoms with Gasteiger partial charge in [-0.15, -0.1) is 0 Å². The number of hydrogen-bond donors (Lipinski definition) is 0. The molecule has 0 amide bonds. The Labute approximate surface area is 299 Å². The molecule has 0 aliphatic rings. The minimum absolute atomic E-state index is 0.680. The van der Waals surface area contributed by atoms with E-state index < -0.39 is 0 Å². The minimum Gasteiger partial charge on any atom is -0.309 e. The van der Waals surface area contributed by atoms with Crippen molar-refractivity contribution in [3.63, 3.8) is 0 Å². The Morgan fingerprint density at radius 3 is 1.23 bits per heavy atom. The van der Waals surface area contributed by atoms with E-state index in [1.165, 1.54) is 43.1 Å².